The van der Waals surface area contributed by atoms with Crippen molar-refractivity contribution < 1.29 is 14.2 Å². The number of nitrogen functional groups attached to an aromatic ring is 1. The lowest BCUT2D eigenvalue weighted by molar-refractivity contribution is 0.264. The molecule has 0 amide bonds. The molecule has 0 aliphatic carbocycles. The Morgan fingerprint density at radius 1 is 1.09 bits per heavy atom. The van der Waals surface area contributed by atoms with Gasteiger partial charge in [-0.1, -0.05) is 0 Å². The van der Waals surface area contributed by atoms with Crippen LogP contribution in [0.15, 0.2) is 41.4 Å². The largest absolute Gasteiger partial charge is 0.497 e. The zero-order valence-corrected chi connectivity index (χ0v) is 12.0. The van der Waals surface area contributed by atoms with Gasteiger partial charge in [0.2, 0.25) is 0 Å². The van der Waals surface area contributed by atoms with Crippen molar-refractivity contribution in [2.75, 3.05) is 19.5 Å². The summed E-state index contributed by atoms with van der Waals surface area (Å²) >= 11 is 0. The molecule has 0 saturated carbocycles. The summed E-state index contributed by atoms with van der Waals surface area (Å²) in [7, 11) is 1.62. The van der Waals surface area contributed by atoms with E-state index in [2.05, 4.69) is 4.99 Å². The Bertz CT molecular complexity index is 803. The second-order valence-electron chi connectivity index (χ2n) is 5.32. The number of hydrogen-bond donors (Lipinski definition) is 2. The third-order valence-electron chi connectivity index (χ3n) is 4.03. The second-order valence-corrected chi connectivity index (χ2v) is 5.32. The molecular weight excluding hydrogens is 282 g/mol. The van der Waals surface area contributed by atoms with Crippen molar-refractivity contribution >= 4 is 11.7 Å². The maximum atomic E-state index is 5.98. The number of nitrogens with two attached hydrogens (primary N) is 2. The Hall–Kier alpha value is -2.89. The smallest absolute Gasteiger partial charge is 0.283 e. The average molecular weight is 297 g/mol. The molecule has 2 aliphatic rings. The molecule has 2 aliphatic heterocycles. The zero-order chi connectivity index (χ0) is 15.3. The van der Waals surface area contributed by atoms with Crippen molar-refractivity contribution in [3.8, 4) is 17.2 Å². The molecule has 0 fully saturated rings. The number of nitrogens with zero attached hydrogens (tertiary/aromatic N) is 1. The number of amidine groups is 1. The van der Waals surface area contributed by atoms with Crippen LogP contribution in [-0.4, -0.2) is 19.7 Å². The van der Waals surface area contributed by atoms with E-state index in [1.165, 1.54) is 0 Å². The number of rotatable bonds is 1. The van der Waals surface area contributed by atoms with Crippen LogP contribution in [0.2, 0.25) is 0 Å². The molecule has 2 heterocycles. The van der Waals surface area contributed by atoms with E-state index in [4.69, 9.17) is 25.7 Å². The van der Waals surface area contributed by atoms with E-state index < -0.39 is 5.54 Å². The molecule has 1 spiro atoms. The van der Waals surface area contributed by atoms with Gasteiger partial charge in [-0.3, -0.25) is 0 Å². The summed E-state index contributed by atoms with van der Waals surface area (Å²) in [5.74, 6) is 2.13. The third-order valence-corrected chi connectivity index (χ3v) is 4.03. The zero-order valence-electron chi connectivity index (χ0n) is 12.0. The van der Waals surface area contributed by atoms with Gasteiger partial charge in [-0.2, -0.15) is 0 Å². The minimum atomic E-state index is -0.753. The van der Waals surface area contributed by atoms with Gasteiger partial charge in [-0.25, -0.2) is 4.99 Å². The normalized spacial score (nSPS) is 21.4. The molecule has 0 saturated heterocycles. The Balaban J connectivity index is 2.02. The fraction of sp³-hybridized carbons (Fsp3) is 0.188. The van der Waals surface area contributed by atoms with E-state index in [0.717, 1.165) is 16.9 Å². The molecule has 6 nitrogen and oxygen atoms in total. The highest BCUT2D eigenvalue weighted by atomic mass is 16.5. The maximum absolute atomic E-state index is 5.98. The fourth-order valence-corrected chi connectivity index (χ4v) is 2.98. The first kappa shape index (κ1) is 12.8. The first-order valence-electron chi connectivity index (χ1n) is 6.87. The van der Waals surface area contributed by atoms with Gasteiger partial charge < -0.3 is 25.7 Å². The summed E-state index contributed by atoms with van der Waals surface area (Å²) in [6.07, 6.45) is 0. The predicted molar refractivity (Wildman–Crippen MR) is 82.3 cm³/mol. The van der Waals surface area contributed by atoms with Crippen LogP contribution in [0.3, 0.4) is 0 Å². The summed E-state index contributed by atoms with van der Waals surface area (Å²) in [6, 6.07) is 11.2. The van der Waals surface area contributed by atoms with E-state index in [1.807, 2.05) is 30.3 Å². The number of benzene rings is 2. The number of hydrogen-bond acceptors (Lipinski definition) is 6. The summed E-state index contributed by atoms with van der Waals surface area (Å²) < 4.78 is 16.8. The van der Waals surface area contributed by atoms with Crippen LogP contribution < -0.4 is 20.9 Å². The van der Waals surface area contributed by atoms with Gasteiger partial charge in [-0.05, 0) is 36.4 Å². The van der Waals surface area contributed by atoms with Crippen molar-refractivity contribution in [3.63, 3.8) is 0 Å². The van der Waals surface area contributed by atoms with Crippen molar-refractivity contribution in [1.82, 2.24) is 0 Å². The van der Waals surface area contributed by atoms with Gasteiger partial charge in [-0.15, -0.1) is 0 Å². The molecule has 4 N–H and O–H groups in total. The van der Waals surface area contributed by atoms with Crippen molar-refractivity contribution in [2.45, 2.75) is 5.54 Å². The molecule has 1 atom stereocenters. The van der Waals surface area contributed by atoms with Gasteiger partial charge in [0.1, 0.15) is 23.9 Å². The Morgan fingerprint density at radius 3 is 2.50 bits per heavy atom. The molecule has 22 heavy (non-hydrogen) atoms. The van der Waals surface area contributed by atoms with Gasteiger partial charge in [0.25, 0.3) is 6.02 Å². The van der Waals surface area contributed by atoms with Gasteiger partial charge in [0.05, 0.1) is 7.11 Å². The summed E-state index contributed by atoms with van der Waals surface area (Å²) in [5.41, 5.74) is 13.3. The molecular formula is C16H15N3O3. The topological polar surface area (TPSA) is 92.1 Å². The predicted octanol–water partition coefficient (Wildman–Crippen LogP) is 1.97. The second kappa shape index (κ2) is 4.30. The van der Waals surface area contributed by atoms with Crippen LogP contribution in [0.4, 0.5) is 5.69 Å². The fourth-order valence-electron chi connectivity index (χ4n) is 2.98. The molecule has 2 aromatic rings. The van der Waals surface area contributed by atoms with Gasteiger partial charge in [0.15, 0.2) is 5.54 Å². The monoisotopic (exact) mass is 297 g/mol. The van der Waals surface area contributed by atoms with E-state index in [1.54, 1.807) is 13.2 Å². The average Bonchev–Trinajstić information content (AvgIpc) is 2.91. The number of ether oxygens (including phenoxy) is 3. The SMILES string of the molecule is COc1ccc2c(c1)C1(COC(N)=N1)c1cc(N)ccc1O2. The first-order chi connectivity index (χ1) is 10.6. The number of anilines is 1. The van der Waals surface area contributed by atoms with E-state index in [-0.39, 0.29) is 6.02 Å². The molecule has 4 rings (SSSR count). The Labute approximate surface area is 127 Å². The first-order valence-corrected chi connectivity index (χ1v) is 6.87. The van der Waals surface area contributed by atoms with Crippen LogP contribution in [0.25, 0.3) is 0 Å². The highest BCUT2D eigenvalue weighted by molar-refractivity contribution is 5.77. The van der Waals surface area contributed by atoms with Crippen LogP contribution in [0.1, 0.15) is 11.1 Å². The van der Waals surface area contributed by atoms with Crippen LogP contribution in [0.5, 0.6) is 17.2 Å². The minimum absolute atomic E-state index is 0.157. The van der Waals surface area contributed by atoms with Crippen LogP contribution >= 0.6 is 0 Å². The van der Waals surface area contributed by atoms with Crippen molar-refractivity contribution in [3.05, 3.63) is 47.5 Å². The van der Waals surface area contributed by atoms with Crippen LogP contribution in [0, 0.1) is 0 Å². The summed E-state index contributed by atoms with van der Waals surface area (Å²) in [6.45, 7) is 0.304. The molecule has 0 radical (unpaired) electrons. The summed E-state index contributed by atoms with van der Waals surface area (Å²) in [4.78, 5) is 4.56. The maximum Gasteiger partial charge on any atom is 0.283 e. The molecule has 2 aromatic carbocycles. The lowest BCUT2D eigenvalue weighted by Gasteiger charge is -2.33. The lowest BCUT2D eigenvalue weighted by Crippen LogP contribution is -2.31. The van der Waals surface area contributed by atoms with E-state index >= 15 is 0 Å². The number of aliphatic imine (C=N–C) groups is 1. The molecule has 112 valence electrons. The molecule has 0 aromatic heterocycles. The highest BCUT2D eigenvalue weighted by Crippen LogP contribution is 2.51. The quantitative estimate of drug-likeness (QED) is 0.785. The third kappa shape index (κ3) is 1.64. The summed E-state index contributed by atoms with van der Waals surface area (Å²) in [5, 5.41) is 0. The highest BCUT2D eigenvalue weighted by Gasteiger charge is 2.47. The standard InChI is InChI=1S/C16H15N3O3/c1-20-10-3-5-14-12(7-10)16(8-21-15(18)19-16)11-6-9(17)2-4-13(11)22-14/h2-7H,8,17H2,1H3,(H2,18,19). The Kier molecular flexibility index (Phi) is 2.51. The van der Waals surface area contributed by atoms with Crippen molar-refractivity contribution in [2.24, 2.45) is 10.7 Å². The van der Waals surface area contributed by atoms with Gasteiger partial charge >= 0.3 is 0 Å². The molecule has 0 bridgehead atoms. The number of methoxy groups -OCH3 is 1. The van der Waals surface area contributed by atoms with Crippen molar-refractivity contribution in [1.29, 1.82) is 0 Å². The molecule has 6 heteroatoms. The Morgan fingerprint density at radius 2 is 1.82 bits per heavy atom. The minimum Gasteiger partial charge on any atom is -0.497 e. The van der Waals surface area contributed by atoms with Crippen LogP contribution in [-0.2, 0) is 10.3 Å². The van der Waals surface area contributed by atoms with E-state index in [9.17, 15) is 0 Å². The van der Waals surface area contributed by atoms with Gasteiger partial charge in [0, 0.05) is 16.8 Å². The number of fused-ring (bicyclic) bond motifs is 4. The lowest BCUT2D eigenvalue weighted by atomic mass is 9.81. The molecule has 1 unspecified atom stereocenters. The van der Waals surface area contributed by atoms with E-state index in [0.29, 0.717) is 23.8 Å².